The first kappa shape index (κ1) is 17.5. The molecule has 0 spiro atoms. The molecule has 0 aromatic carbocycles. The molecule has 2 fully saturated rings. The van der Waals surface area contributed by atoms with Gasteiger partial charge in [-0.05, 0) is 26.4 Å². The highest BCUT2D eigenvalue weighted by Crippen LogP contribution is 2.22. The Kier molecular flexibility index (Phi) is 5.68. The molecule has 2 rings (SSSR count). The van der Waals surface area contributed by atoms with Crippen LogP contribution in [-0.4, -0.2) is 90.4 Å². The zero-order valence-electron chi connectivity index (χ0n) is 12.8. The minimum atomic E-state index is -4.34. The van der Waals surface area contributed by atoms with Crippen LogP contribution < -0.4 is 0 Å². The smallest absolute Gasteiger partial charge is 0.391 e. The van der Waals surface area contributed by atoms with Gasteiger partial charge in [-0.25, -0.2) is 0 Å². The van der Waals surface area contributed by atoms with E-state index in [0.29, 0.717) is 26.2 Å². The highest BCUT2D eigenvalue weighted by molar-refractivity contribution is 5.82. The Morgan fingerprint density at radius 2 is 1.86 bits per heavy atom. The number of β-amino-alcohol motifs (C(OH)–C–C–N with tert-alkyl or cyclic N) is 1. The maximum Gasteiger partial charge on any atom is 0.391 e. The number of hydrogen-bond donors (Lipinski definition) is 1. The fourth-order valence-electron chi connectivity index (χ4n) is 3.21. The van der Waals surface area contributed by atoms with Crippen molar-refractivity contribution in [2.45, 2.75) is 37.6 Å². The molecule has 5 nitrogen and oxygen atoms in total. The lowest BCUT2D eigenvalue weighted by atomic mass is 10.1. The SMILES string of the molecule is CN1CCC[C@@H]1C(=O)N1CCN(C[C@@H](O)CC(F)(F)F)CC1. The van der Waals surface area contributed by atoms with Gasteiger partial charge < -0.3 is 10.0 Å². The number of nitrogens with zero attached hydrogens (tertiary/aromatic N) is 3. The van der Waals surface area contributed by atoms with Crippen molar-refractivity contribution < 1.29 is 23.1 Å². The molecule has 2 atom stereocenters. The van der Waals surface area contributed by atoms with Gasteiger partial charge in [0.15, 0.2) is 0 Å². The summed E-state index contributed by atoms with van der Waals surface area (Å²) in [4.78, 5) is 18.0. The number of halogens is 3. The Bertz CT molecular complexity index is 384. The van der Waals surface area contributed by atoms with Crippen molar-refractivity contribution in [3.8, 4) is 0 Å². The summed E-state index contributed by atoms with van der Waals surface area (Å²) in [5, 5.41) is 9.47. The topological polar surface area (TPSA) is 47.0 Å². The Labute approximate surface area is 128 Å². The van der Waals surface area contributed by atoms with E-state index in [1.54, 1.807) is 9.80 Å². The first-order valence-corrected chi connectivity index (χ1v) is 7.72. The molecule has 1 amide bonds. The van der Waals surface area contributed by atoms with Crippen LogP contribution in [0, 0.1) is 0 Å². The summed E-state index contributed by atoms with van der Waals surface area (Å²) in [6.45, 7) is 2.99. The van der Waals surface area contributed by atoms with Crippen LogP contribution in [0.25, 0.3) is 0 Å². The first-order chi connectivity index (χ1) is 10.3. The van der Waals surface area contributed by atoms with Crippen LogP contribution in [0.4, 0.5) is 13.2 Å². The molecule has 22 heavy (non-hydrogen) atoms. The Hall–Kier alpha value is -0.860. The molecular formula is C14H24F3N3O2. The third-order valence-corrected chi connectivity index (χ3v) is 4.43. The number of carbonyl (C=O) groups excluding carboxylic acids is 1. The van der Waals surface area contributed by atoms with Gasteiger partial charge in [0.1, 0.15) is 0 Å². The molecule has 0 aromatic heterocycles. The summed E-state index contributed by atoms with van der Waals surface area (Å²) in [5.41, 5.74) is 0. The Morgan fingerprint density at radius 1 is 1.23 bits per heavy atom. The second-order valence-corrected chi connectivity index (χ2v) is 6.24. The lowest BCUT2D eigenvalue weighted by Crippen LogP contribution is -2.54. The molecule has 0 saturated carbocycles. The monoisotopic (exact) mass is 323 g/mol. The molecule has 2 saturated heterocycles. The fraction of sp³-hybridized carbons (Fsp3) is 0.929. The van der Waals surface area contributed by atoms with Crippen LogP contribution >= 0.6 is 0 Å². The van der Waals surface area contributed by atoms with Crippen molar-refractivity contribution in [2.24, 2.45) is 0 Å². The second kappa shape index (κ2) is 7.14. The van der Waals surface area contributed by atoms with Gasteiger partial charge in [0, 0.05) is 32.7 Å². The molecule has 0 unspecified atom stereocenters. The van der Waals surface area contributed by atoms with Gasteiger partial charge in [0.05, 0.1) is 18.6 Å². The Morgan fingerprint density at radius 3 is 2.36 bits per heavy atom. The van der Waals surface area contributed by atoms with Gasteiger partial charge in [-0.1, -0.05) is 0 Å². The number of likely N-dealkylation sites (tertiary alicyclic amines) is 1. The van der Waals surface area contributed by atoms with Crippen LogP contribution in [0.5, 0.6) is 0 Å². The van der Waals surface area contributed by atoms with Crippen molar-refractivity contribution >= 4 is 5.91 Å². The molecule has 1 N–H and O–H groups in total. The predicted molar refractivity (Wildman–Crippen MR) is 75.4 cm³/mol. The number of aliphatic hydroxyl groups is 1. The van der Waals surface area contributed by atoms with Crippen molar-refractivity contribution in [1.29, 1.82) is 0 Å². The van der Waals surface area contributed by atoms with E-state index in [1.807, 2.05) is 7.05 Å². The van der Waals surface area contributed by atoms with Crippen LogP contribution in [0.3, 0.4) is 0 Å². The highest BCUT2D eigenvalue weighted by atomic mass is 19.4. The fourth-order valence-corrected chi connectivity index (χ4v) is 3.21. The molecule has 0 aromatic rings. The van der Waals surface area contributed by atoms with Crippen LogP contribution in [-0.2, 0) is 4.79 Å². The van der Waals surface area contributed by atoms with E-state index < -0.39 is 18.7 Å². The number of piperazine rings is 1. The first-order valence-electron chi connectivity index (χ1n) is 7.72. The molecule has 0 radical (unpaired) electrons. The minimum Gasteiger partial charge on any atom is -0.391 e. The summed E-state index contributed by atoms with van der Waals surface area (Å²) >= 11 is 0. The van der Waals surface area contributed by atoms with Crippen molar-refractivity contribution in [3.05, 3.63) is 0 Å². The number of likely N-dealkylation sites (N-methyl/N-ethyl adjacent to an activating group) is 1. The summed E-state index contributed by atoms with van der Waals surface area (Å²) in [6.07, 6.45) is -5.03. The number of alkyl halides is 3. The number of amides is 1. The van der Waals surface area contributed by atoms with Gasteiger partial charge in [-0.2, -0.15) is 13.2 Å². The zero-order chi connectivity index (χ0) is 16.3. The maximum atomic E-state index is 12.4. The molecule has 0 aliphatic carbocycles. The average Bonchev–Trinajstić information content (AvgIpc) is 2.83. The van der Waals surface area contributed by atoms with E-state index in [9.17, 15) is 23.1 Å². The highest BCUT2D eigenvalue weighted by Gasteiger charge is 2.34. The van der Waals surface area contributed by atoms with Gasteiger partial charge in [-0.15, -0.1) is 0 Å². The third-order valence-electron chi connectivity index (χ3n) is 4.43. The van der Waals surface area contributed by atoms with Gasteiger partial charge >= 0.3 is 6.18 Å². The summed E-state index contributed by atoms with van der Waals surface area (Å²) in [7, 11) is 1.94. The van der Waals surface area contributed by atoms with E-state index in [4.69, 9.17) is 0 Å². The van der Waals surface area contributed by atoms with Gasteiger partial charge in [0.25, 0.3) is 0 Å². The molecule has 128 valence electrons. The minimum absolute atomic E-state index is 0.00483. The summed E-state index contributed by atoms with van der Waals surface area (Å²) < 4.78 is 36.6. The van der Waals surface area contributed by atoms with E-state index >= 15 is 0 Å². The van der Waals surface area contributed by atoms with Crippen molar-refractivity contribution in [1.82, 2.24) is 14.7 Å². The van der Waals surface area contributed by atoms with Gasteiger partial charge in [-0.3, -0.25) is 14.6 Å². The largest absolute Gasteiger partial charge is 0.391 e. The lowest BCUT2D eigenvalue weighted by Gasteiger charge is -2.37. The van der Waals surface area contributed by atoms with E-state index in [1.165, 1.54) is 0 Å². The molecule has 8 heteroatoms. The van der Waals surface area contributed by atoms with E-state index in [-0.39, 0.29) is 18.5 Å². The lowest BCUT2D eigenvalue weighted by molar-refractivity contribution is -0.155. The van der Waals surface area contributed by atoms with Crippen LogP contribution in [0.1, 0.15) is 19.3 Å². The zero-order valence-corrected chi connectivity index (χ0v) is 12.8. The molecular weight excluding hydrogens is 299 g/mol. The number of hydrogen-bond acceptors (Lipinski definition) is 4. The number of aliphatic hydroxyl groups excluding tert-OH is 1. The summed E-state index contributed by atoms with van der Waals surface area (Å²) in [5.74, 6) is 0.121. The van der Waals surface area contributed by atoms with E-state index in [0.717, 1.165) is 19.4 Å². The van der Waals surface area contributed by atoms with E-state index in [2.05, 4.69) is 4.90 Å². The van der Waals surface area contributed by atoms with Crippen LogP contribution in [0.2, 0.25) is 0 Å². The Balaban J connectivity index is 1.74. The molecule has 2 aliphatic heterocycles. The maximum absolute atomic E-state index is 12.4. The standard InChI is InChI=1S/C14H24F3N3O2/c1-18-4-2-3-12(18)13(22)20-7-5-19(6-8-20)10-11(21)9-14(15,16)17/h11-12,21H,2-10H2,1H3/t11-,12+/m0/s1. The molecule has 2 heterocycles. The average molecular weight is 323 g/mol. The normalized spacial score (nSPS) is 26.4. The predicted octanol–water partition coefficient (Wildman–Crippen LogP) is 0.538. The molecule has 2 aliphatic rings. The van der Waals surface area contributed by atoms with Crippen LogP contribution in [0.15, 0.2) is 0 Å². The molecule has 0 bridgehead atoms. The van der Waals surface area contributed by atoms with Crippen molar-refractivity contribution in [3.63, 3.8) is 0 Å². The van der Waals surface area contributed by atoms with Gasteiger partial charge in [0.2, 0.25) is 5.91 Å². The number of rotatable bonds is 4. The van der Waals surface area contributed by atoms with Crippen molar-refractivity contribution in [2.75, 3.05) is 46.3 Å². The third kappa shape index (κ3) is 4.82. The number of carbonyl (C=O) groups is 1. The second-order valence-electron chi connectivity index (χ2n) is 6.24. The summed E-state index contributed by atoms with van der Waals surface area (Å²) in [6, 6.07) is -0.0534. The quantitative estimate of drug-likeness (QED) is 0.820.